The van der Waals surface area contributed by atoms with Crippen LogP contribution in [-0.2, 0) is 4.74 Å². The molecule has 0 bridgehead atoms. The van der Waals surface area contributed by atoms with Gasteiger partial charge in [0.15, 0.2) is 6.23 Å². The van der Waals surface area contributed by atoms with E-state index in [0.29, 0.717) is 27.9 Å². The van der Waals surface area contributed by atoms with Gasteiger partial charge in [-0.05, 0) is 29.8 Å². The standard InChI is InChI=1S/C15H10Cl2N2O3/c16-11-2-1-3-12(17)14(11)15-18-13(8-22-15)9-4-6-10(7-5-9)19(20)21/h1-7,15H,8H2. The highest BCUT2D eigenvalue weighted by Gasteiger charge is 2.25. The van der Waals surface area contributed by atoms with Crippen molar-refractivity contribution >= 4 is 34.6 Å². The molecule has 0 spiro atoms. The zero-order chi connectivity index (χ0) is 15.7. The molecule has 1 aliphatic heterocycles. The molecule has 7 heteroatoms. The molecular weight excluding hydrogens is 327 g/mol. The van der Waals surface area contributed by atoms with Gasteiger partial charge in [0.2, 0.25) is 0 Å². The lowest BCUT2D eigenvalue weighted by molar-refractivity contribution is -0.384. The summed E-state index contributed by atoms with van der Waals surface area (Å²) in [4.78, 5) is 14.7. The molecule has 2 aromatic carbocycles. The van der Waals surface area contributed by atoms with Gasteiger partial charge in [-0.2, -0.15) is 0 Å². The van der Waals surface area contributed by atoms with E-state index < -0.39 is 11.2 Å². The van der Waals surface area contributed by atoms with Crippen LogP contribution in [0, 0.1) is 10.1 Å². The molecule has 3 rings (SSSR count). The molecule has 1 atom stereocenters. The van der Waals surface area contributed by atoms with Crippen LogP contribution in [0.2, 0.25) is 10.0 Å². The molecule has 0 amide bonds. The third-order valence-corrected chi connectivity index (χ3v) is 3.97. The number of aliphatic imine (C=N–C) groups is 1. The second-order valence-electron chi connectivity index (χ2n) is 4.68. The number of nitro benzene ring substituents is 1. The van der Waals surface area contributed by atoms with E-state index in [0.717, 1.165) is 5.56 Å². The van der Waals surface area contributed by atoms with Crippen LogP contribution in [0.5, 0.6) is 0 Å². The van der Waals surface area contributed by atoms with E-state index in [2.05, 4.69) is 4.99 Å². The summed E-state index contributed by atoms with van der Waals surface area (Å²) in [7, 11) is 0. The lowest BCUT2D eigenvalue weighted by Crippen LogP contribution is -2.03. The lowest BCUT2D eigenvalue weighted by atomic mass is 10.1. The third-order valence-electron chi connectivity index (χ3n) is 3.31. The summed E-state index contributed by atoms with van der Waals surface area (Å²) in [6.45, 7) is 0.296. The third kappa shape index (κ3) is 2.83. The highest BCUT2D eigenvalue weighted by atomic mass is 35.5. The molecule has 2 aromatic rings. The quantitative estimate of drug-likeness (QED) is 0.615. The Bertz CT molecular complexity index is 740. The van der Waals surface area contributed by atoms with Crippen LogP contribution in [0.25, 0.3) is 0 Å². The lowest BCUT2D eigenvalue weighted by Gasteiger charge is -2.10. The molecule has 0 saturated heterocycles. The SMILES string of the molecule is O=[N+]([O-])c1ccc(C2=NC(c3c(Cl)cccc3Cl)OC2)cc1. The first-order chi connectivity index (χ1) is 10.6. The van der Waals surface area contributed by atoms with Crippen LogP contribution in [-0.4, -0.2) is 17.2 Å². The Morgan fingerprint density at radius 3 is 2.36 bits per heavy atom. The van der Waals surface area contributed by atoms with Gasteiger partial charge >= 0.3 is 0 Å². The largest absolute Gasteiger partial charge is 0.346 e. The molecular formula is C15H10Cl2N2O3. The maximum absolute atomic E-state index is 10.7. The first kappa shape index (κ1) is 15.0. The number of benzene rings is 2. The molecule has 112 valence electrons. The Morgan fingerprint density at radius 2 is 1.77 bits per heavy atom. The fourth-order valence-electron chi connectivity index (χ4n) is 2.20. The summed E-state index contributed by atoms with van der Waals surface area (Å²) >= 11 is 12.3. The summed E-state index contributed by atoms with van der Waals surface area (Å²) in [5.74, 6) is 0. The van der Waals surface area contributed by atoms with Crippen molar-refractivity contribution in [3.05, 3.63) is 73.8 Å². The summed E-state index contributed by atoms with van der Waals surface area (Å²) in [6.07, 6.45) is -0.564. The van der Waals surface area contributed by atoms with Crippen LogP contribution >= 0.6 is 23.2 Å². The molecule has 0 saturated carbocycles. The maximum Gasteiger partial charge on any atom is 0.269 e. The topological polar surface area (TPSA) is 64.7 Å². The summed E-state index contributed by atoms with van der Waals surface area (Å²) in [5, 5.41) is 11.7. The zero-order valence-corrected chi connectivity index (χ0v) is 12.7. The van der Waals surface area contributed by atoms with E-state index in [-0.39, 0.29) is 5.69 Å². The number of hydrogen-bond acceptors (Lipinski definition) is 4. The second kappa shape index (κ2) is 6.04. The van der Waals surface area contributed by atoms with Gasteiger partial charge in [-0.3, -0.25) is 15.1 Å². The van der Waals surface area contributed by atoms with Gasteiger partial charge in [-0.25, -0.2) is 0 Å². The number of nitro groups is 1. The van der Waals surface area contributed by atoms with E-state index in [4.69, 9.17) is 27.9 Å². The first-order valence-corrected chi connectivity index (χ1v) is 7.19. The van der Waals surface area contributed by atoms with Gasteiger partial charge in [-0.1, -0.05) is 29.3 Å². The Morgan fingerprint density at radius 1 is 1.14 bits per heavy atom. The van der Waals surface area contributed by atoms with Crippen molar-refractivity contribution in [3.8, 4) is 0 Å². The van der Waals surface area contributed by atoms with Crippen molar-refractivity contribution in [2.75, 3.05) is 6.61 Å². The van der Waals surface area contributed by atoms with E-state index in [1.54, 1.807) is 30.3 Å². The molecule has 0 aliphatic carbocycles. The highest BCUT2D eigenvalue weighted by Crippen LogP contribution is 2.35. The molecule has 0 fully saturated rings. The van der Waals surface area contributed by atoms with E-state index in [1.165, 1.54) is 12.1 Å². The summed E-state index contributed by atoms with van der Waals surface area (Å²) < 4.78 is 5.64. The van der Waals surface area contributed by atoms with Crippen molar-refractivity contribution in [2.24, 2.45) is 4.99 Å². The van der Waals surface area contributed by atoms with Crippen LogP contribution in [0.3, 0.4) is 0 Å². The minimum atomic E-state index is -0.564. The van der Waals surface area contributed by atoms with Gasteiger partial charge in [0, 0.05) is 27.7 Å². The van der Waals surface area contributed by atoms with E-state index in [1.807, 2.05) is 0 Å². The number of rotatable bonds is 3. The zero-order valence-electron chi connectivity index (χ0n) is 11.2. The molecule has 0 N–H and O–H groups in total. The Hall–Kier alpha value is -1.95. The molecule has 5 nitrogen and oxygen atoms in total. The predicted molar refractivity (Wildman–Crippen MR) is 84.8 cm³/mol. The number of non-ortho nitro benzene ring substituents is 1. The predicted octanol–water partition coefficient (Wildman–Crippen LogP) is 4.42. The van der Waals surface area contributed by atoms with E-state index in [9.17, 15) is 10.1 Å². The summed E-state index contributed by atoms with van der Waals surface area (Å²) in [5.41, 5.74) is 2.14. The Kier molecular flexibility index (Phi) is 4.11. The highest BCUT2D eigenvalue weighted by molar-refractivity contribution is 6.36. The van der Waals surface area contributed by atoms with Crippen LogP contribution in [0.1, 0.15) is 17.4 Å². The van der Waals surface area contributed by atoms with Gasteiger partial charge in [0.1, 0.15) is 0 Å². The Labute approximate surface area is 136 Å². The Balaban J connectivity index is 1.90. The number of nitrogens with zero attached hydrogens (tertiary/aromatic N) is 2. The van der Waals surface area contributed by atoms with Crippen LogP contribution in [0.15, 0.2) is 47.5 Å². The van der Waals surface area contributed by atoms with Crippen LogP contribution < -0.4 is 0 Å². The normalized spacial score (nSPS) is 17.4. The fraction of sp³-hybridized carbons (Fsp3) is 0.133. The van der Waals surface area contributed by atoms with Crippen molar-refractivity contribution in [2.45, 2.75) is 6.23 Å². The van der Waals surface area contributed by atoms with Crippen molar-refractivity contribution < 1.29 is 9.66 Å². The number of hydrogen-bond donors (Lipinski definition) is 0. The average molecular weight is 337 g/mol. The van der Waals surface area contributed by atoms with Gasteiger partial charge < -0.3 is 4.74 Å². The van der Waals surface area contributed by atoms with Gasteiger partial charge in [0.25, 0.3) is 5.69 Å². The van der Waals surface area contributed by atoms with Crippen molar-refractivity contribution in [3.63, 3.8) is 0 Å². The first-order valence-electron chi connectivity index (χ1n) is 6.43. The number of halogens is 2. The monoisotopic (exact) mass is 336 g/mol. The number of ether oxygens (including phenoxy) is 1. The molecule has 0 radical (unpaired) electrons. The maximum atomic E-state index is 10.7. The molecule has 1 aliphatic rings. The minimum Gasteiger partial charge on any atom is -0.346 e. The molecule has 0 aromatic heterocycles. The second-order valence-corrected chi connectivity index (χ2v) is 5.49. The summed E-state index contributed by atoms with van der Waals surface area (Å²) in [6, 6.07) is 11.4. The van der Waals surface area contributed by atoms with Gasteiger partial charge in [-0.15, -0.1) is 0 Å². The minimum absolute atomic E-state index is 0.0361. The van der Waals surface area contributed by atoms with E-state index >= 15 is 0 Å². The van der Waals surface area contributed by atoms with Crippen molar-refractivity contribution in [1.29, 1.82) is 0 Å². The van der Waals surface area contributed by atoms with Gasteiger partial charge in [0.05, 0.1) is 17.2 Å². The molecule has 1 heterocycles. The van der Waals surface area contributed by atoms with Crippen LogP contribution in [0.4, 0.5) is 5.69 Å². The smallest absolute Gasteiger partial charge is 0.269 e. The molecule has 22 heavy (non-hydrogen) atoms. The average Bonchev–Trinajstić information content (AvgIpc) is 2.97. The fourth-order valence-corrected chi connectivity index (χ4v) is 2.79. The molecule has 1 unspecified atom stereocenters. The van der Waals surface area contributed by atoms with Crippen molar-refractivity contribution in [1.82, 2.24) is 0 Å².